The highest BCUT2D eigenvalue weighted by atomic mass is 32.2. The van der Waals surface area contributed by atoms with Crippen molar-refractivity contribution in [3.63, 3.8) is 0 Å². The molecule has 1 atom stereocenters. The number of hydrogen-bond donors (Lipinski definition) is 0. The van der Waals surface area contributed by atoms with E-state index < -0.39 is 9.84 Å². The summed E-state index contributed by atoms with van der Waals surface area (Å²) in [4.78, 5) is 19.8. The second-order valence-electron chi connectivity index (χ2n) is 8.63. The molecule has 1 unspecified atom stereocenters. The Morgan fingerprint density at radius 2 is 1.88 bits per heavy atom. The Labute approximate surface area is 198 Å². The average molecular weight is 483 g/mol. The van der Waals surface area contributed by atoms with Crippen molar-refractivity contribution >= 4 is 38.4 Å². The molecule has 1 saturated carbocycles. The summed E-state index contributed by atoms with van der Waals surface area (Å²) in [5.41, 5.74) is 2.95. The van der Waals surface area contributed by atoms with Crippen LogP contribution in [0.25, 0.3) is 22.0 Å². The maximum atomic E-state index is 13.2. The molecule has 8 heteroatoms. The van der Waals surface area contributed by atoms with Gasteiger partial charge in [0.05, 0.1) is 34.9 Å². The molecule has 1 amide bonds. The number of amides is 1. The zero-order valence-electron chi connectivity index (χ0n) is 18.4. The van der Waals surface area contributed by atoms with Gasteiger partial charge in [0.1, 0.15) is 5.75 Å². The van der Waals surface area contributed by atoms with Crippen molar-refractivity contribution in [2.45, 2.75) is 36.4 Å². The van der Waals surface area contributed by atoms with Crippen molar-refractivity contribution in [3.8, 4) is 16.9 Å². The van der Waals surface area contributed by atoms with E-state index in [0.717, 1.165) is 45.6 Å². The molecule has 2 heterocycles. The van der Waals surface area contributed by atoms with Crippen LogP contribution in [0.4, 0.5) is 0 Å². The molecule has 3 aromatic rings. The first kappa shape index (κ1) is 22.2. The van der Waals surface area contributed by atoms with Gasteiger partial charge >= 0.3 is 0 Å². The van der Waals surface area contributed by atoms with Crippen LogP contribution in [-0.2, 0) is 14.6 Å². The highest BCUT2D eigenvalue weighted by Gasteiger charge is 2.41. The lowest BCUT2D eigenvalue weighted by Crippen LogP contribution is -2.43. The molecule has 2 fully saturated rings. The van der Waals surface area contributed by atoms with Gasteiger partial charge in [0, 0.05) is 23.5 Å². The van der Waals surface area contributed by atoms with Gasteiger partial charge < -0.3 is 9.64 Å². The number of aromatic nitrogens is 1. The predicted molar refractivity (Wildman–Crippen MR) is 131 cm³/mol. The second-order valence-corrected chi connectivity index (χ2v) is 11.9. The Balaban J connectivity index is 1.42. The third-order valence-corrected chi connectivity index (χ3v) is 8.90. The summed E-state index contributed by atoms with van der Waals surface area (Å²) in [6, 6.07) is 18.0. The number of nitrogens with zero attached hydrogens (tertiary/aromatic N) is 2. The van der Waals surface area contributed by atoms with E-state index >= 15 is 0 Å². The van der Waals surface area contributed by atoms with Gasteiger partial charge in [-0.05, 0) is 48.6 Å². The van der Waals surface area contributed by atoms with Crippen LogP contribution >= 0.6 is 11.8 Å². The number of hydrogen-bond acceptors (Lipinski definition) is 6. The molecule has 0 N–H and O–H groups in total. The van der Waals surface area contributed by atoms with Crippen LogP contribution in [0.5, 0.6) is 5.75 Å². The zero-order chi connectivity index (χ0) is 23.0. The number of sulfone groups is 1. The fourth-order valence-corrected chi connectivity index (χ4v) is 7.00. The lowest BCUT2D eigenvalue weighted by Gasteiger charge is -2.28. The van der Waals surface area contributed by atoms with Crippen LogP contribution in [0.2, 0.25) is 0 Å². The Hall–Kier alpha value is -2.58. The van der Waals surface area contributed by atoms with Gasteiger partial charge in [-0.3, -0.25) is 4.79 Å². The monoisotopic (exact) mass is 482 g/mol. The number of pyridine rings is 1. The minimum absolute atomic E-state index is 0.00148. The zero-order valence-corrected chi connectivity index (χ0v) is 20.1. The SMILES string of the molecule is COc1ccc2c(-c3ccccc3)cc(SCC(=O)N(C3CC3)C3CCS(=O)(=O)C3)nc2c1. The number of benzene rings is 2. The summed E-state index contributed by atoms with van der Waals surface area (Å²) in [5, 5.41) is 1.78. The van der Waals surface area contributed by atoms with Crippen molar-refractivity contribution in [3.05, 3.63) is 54.6 Å². The van der Waals surface area contributed by atoms with Gasteiger partial charge in [-0.25, -0.2) is 13.4 Å². The Bertz CT molecular complexity index is 1290. The maximum absolute atomic E-state index is 13.2. The largest absolute Gasteiger partial charge is 0.497 e. The third-order valence-electron chi connectivity index (χ3n) is 6.25. The van der Waals surface area contributed by atoms with Gasteiger partial charge in [0.25, 0.3) is 0 Å². The number of thioether (sulfide) groups is 1. The molecule has 5 rings (SSSR count). The van der Waals surface area contributed by atoms with Crippen LogP contribution in [0.15, 0.2) is 59.6 Å². The normalized spacial score (nSPS) is 19.5. The highest BCUT2D eigenvalue weighted by Crippen LogP contribution is 2.35. The average Bonchev–Trinajstić information content (AvgIpc) is 3.59. The molecular formula is C25H26N2O4S2. The molecule has 1 aliphatic heterocycles. The summed E-state index contributed by atoms with van der Waals surface area (Å²) >= 11 is 1.41. The molecule has 0 radical (unpaired) electrons. The van der Waals surface area contributed by atoms with Crippen molar-refractivity contribution < 1.29 is 17.9 Å². The smallest absolute Gasteiger partial charge is 0.233 e. The first-order valence-corrected chi connectivity index (χ1v) is 13.9. The summed E-state index contributed by atoms with van der Waals surface area (Å²) in [7, 11) is -1.41. The van der Waals surface area contributed by atoms with Crippen LogP contribution in [0.1, 0.15) is 19.3 Å². The minimum atomic E-state index is -3.04. The number of methoxy groups -OCH3 is 1. The number of fused-ring (bicyclic) bond motifs is 1. The topological polar surface area (TPSA) is 76.6 Å². The second kappa shape index (κ2) is 8.99. The van der Waals surface area contributed by atoms with Crippen LogP contribution in [-0.4, -0.2) is 60.7 Å². The Morgan fingerprint density at radius 3 is 2.55 bits per heavy atom. The van der Waals surface area contributed by atoms with Crippen LogP contribution < -0.4 is 4.74 Å². The van der Waals surface area contributed by atoms with E-state index in [0.29, 0.717) is 6.42 Å². The maximum Gasteiger partial charge on any atom is 0.233 e. The molecule has 0 spiro atoms. The van der Waals surface area contributed by atoms with E-state index in [9.17, 15) is 13.2 Å². The summed E-state index contributed by atoms with van der Waals surface area (Å²) in [6.07, 6.45) is 2.46. The summed E-state index contributed by atoms with van der Waals surface area (Å²) in [6.45, 7) is 0. The predicted octanol–water partition coefficient (Wildman–Crippen LogP) is 4.18. The van der Waals surface area contributed by atoms with E-state index in [4.69, 9.17) is 9.72 Å². The molecule has 1 aromatic heterocycles. The summed E-state index contributed by atoms with van der Waals surface area (Å²) < 4.78 is 29.3. The molecule has 0 bridgehead atoms. The Kier molecular flexibility index (Phi) is 6.05. The van der Waals surface area contributed by atoms with Crippen molar-refractivity contribution in [1.82, 2.24) is 9.88 Å². The lowest BCUT2D eigenvalue weighted by atomic mass is 10.0. The van der Waals surface area contributed by atoms with E-state index in [1.54, 1.807) is 7.11 Å². The number of ether oxygens (including phenoxy) is 1. The van der Waals surface area contributed by atoms with E-state index in [1.807, 2.05) is 47.4 Å². The molecule has 2 aromatic carbocycles. The van der Waals surface area contributed by atoms with Crippen LogP contribution in [0, 0.1) is 0 Å². The van der Waals surface area contributed by atoms with Crippen molar-refractivity contribution in [2.24, 2.45) is 0 Å². The van der Waals surface area contributed by atoms with E-state index in [-0.39, 0.29) is 35.2 Å². The lowest BCUT2D eigenvalue weighted by molar-refractivity contribution is -0.130. The standard InChI is InChI=1S/C25H26N2O4S2/c1-31-20-9-10-21-22(17-5-3-2-4-6-17)14-24(26-23(21)13-20)32-15-25(28)27(18-7-8-18)19-11-12-33(29,30)16-19/h2-6,9-10,13-14,18-19H,7-8,11-12,15-16H2,1H3. The van der Waals surface area contributed by atoms with Crippen molar-refractivity contribution in [1.29, 1.82) is 0 Å². The number of carbonyl (C=O) groups is 1. The van der Waals surface area contributed by atoms with E-state index in [1.165, 1.54) is 11.8 Å². The van der Waals surface area contributed by atoms with Gasteiger partial charge in [0.15, 0.2) is 9.84 Å². The summed E-state index contributed by atoms with van der Waals surface area (Å²) in [5.74, 6) is 1.24. The molecule has 2 aliphatic rings. The Morgan fingerprint density at radius 1 is 1.09 bits per heavy atom. The molecule has 172 valence electrons. The third kappa shape index (κ3) is 4.87. The molecule has 1 aliphatic carbocycles. The van der Waals surface area contributed by atoms with E-state index in [2.05, 4.69) is 12.1 Å². The van der Waals surface area contributed by atoms with Crippen molar-refractivity contribution in [2.75, 3.05) is 24.4 Å². The first-order chi connectivity index (χ1) is 15.9. The number of carbonyl (C=O) groups excluding carboxylic acids is 1. The molecule has 33 heavy (non-hydrogen) atoms. The fraction of sp³-hybridized carbons (Fsp3) is 0.360. The molecule has 1 saturated heterocycles. The van der Waals surface area contributed by atoms with Gasteiger partial charge in [-0.1, -0.05) is 42.1 Å². The minimum Gasteiger partial charge on any atom is -0.497 e. The highest BCUT2D eigenvalue weighted by molar-refractivity contribution is 7.99. The fourth-order valence-electron chi connectivity index (χ4n) is 4.50. The van der Waals surface area contributed by atoms with Gasteiger partial charge in [-0.15, -0.1) is 0 Å². The quantitative estimate of drug-likeness (QED) is 0.470. The first-order valence-electron chi connectivity index (χ1n) is 11.1. The van der Waals surface area contributed by atoms with Crippen LogP contribution in [0.3, 0.4) is 0 Å². The molecule has 6 nitrogen and oxygen atoms in total. The number of rotatable bonds is 7. The molecular weight excluding hydrogens is 456 g/mol. The van der Waals surface area contributed by atoms with Gasteiger partial charge in [0.2, 0.25) is 5.91 Å². The van der Waals surface area contributed by atoms with Gasteiger partial charge in [-0.2, -0.15) is 0 Å².